The molecule has 0 saturated carbocycles. The summed E-state index contributed by atoms with van der Waals surface area (Å²) in [6.45, 7) is 1.83. The summed E-state index contributed by atoms with van der Waals surface area (Å²) in [6.07, 6.45) is -4.78. The number of halogens is 3. The van der Waals surface area contributed by atoms with E-state index in [0.29, 0.717) is 5.56 Å². The van der Waals surface area contributed by atoms with E-state index in [1.807, 2.05) is 6.92 Å². The number of hydrogen-bond acceptors (Lipinski definition) is 4. The number of furan rings is 1. The van der Waals surface area contributed by atoms with Crippen molar-refractivity contribution in [2.75, 3.05) is 0 Å². The molecule has 1 aliphatic rings. The van der Waals surface area contributed by atoms with E-state index in [0.717, 1.165) is 11.8 Å². The van der Waals surface area contributed by atoms with E-state index in [1.165, 1.54) is 12.1 Å². The molecule has 0 spiro atoms. The zero-order valence-corrected chi connectivity index (χ0v) is 12.5. The van der Waals surface area contributed by atoms with Gasteiger partial charge in [-0.3, -0.25) is 4.79 Å². The lowest BCUT2D eigenvalue weighted by Crippen LogP contribution is -2.56. The third-order valence-electron chi connectivity index (χ3n) is 3.75. The molecule has 1 atom stereocenters. The topological polar surface area (TPSA) is 66.0 Å². The van der Waals surface area contributed by atoms with Gasteiger partial charge in [-0.1, -0.05) is 29.8 Å². The van der Waals surface area contributed by atoms with E-state index in [4.69, 9.17) is 4.42 Å². The summed E-state index contributed by atoms with van der Waals surface area (Å²) in [5, 5.41) is 13.9. The fourth-order valence-corrected chi connectivity index (χ4v) is 2.39. The van der Waals surface area contributed by atoms with Gasteiger partial charge in [-0.25, -0.2) is 0 Å². The van der Waals surface area contributed by atoms with Crippen molar-refractivity contribution in [1.82, 2.24) is 5.01 Å². The number of hydrazone groups is 1. The van der Waals surface area contributed by atoms with Gasteiger partial charge in [0.15, 0.2) is 5.76 Å². The first-order chi connectivity index (χ1) is 11.2. The van der Waals surface area contributed by atoms with Crippen LogP contribution in [0.4, 0.5) is 13.2 Å². The van der Waals surface area contributed by atoms with Crippen LogP contribution in [-0.4, -0.2) is 33.6 Å². The average molecular weight is 338 g/mol. The largest absolute Gasteiger partial charge is 0.459 e. The number of carbonyl (C=O) groups is 1. The van der Waals surface area contributed by atoms with Gasteiger partial charge >= 0.3 is 12.1 Å². The summed E-state index contributed by atoms with van der Waals surface area (Å²) >= 11 is 0. The predicted octanol–water partition coefficient (Wildman–Crippen LogP) is 3.09. The van der Waals surface area contributed by atoms with Crippen molar-refractivity contribution in [1.29, 1.82) is 0 Å². The number of hydrogen-bond donors (Lipinski definition) is 1. The summed E-state index contributed by atoms with van der Waals surface area (Å²) in [4.78, 5) is 12.3. The highest BCUT2D eigenvalue weighted by Gasteiger charge is 2.63. The minimum Gasteiger partial charge on any atom is -0.459 e. The van der Waals surface area contributed by atoms with Gasteiger partial charge in [-0.15, -0.1) is 0 Å². The molecular weight excluding hydrogens is 325 g/mol. The van der Waals surface area contributed by atoms with Gasteiger partial charge in [0.1, 0.15) is 0 Å². The lowest BCUT2D eigenvalue weighted by molar-refractivity contribution is -0.297. The van der Waals surface area contributed by atoms with Crippen molar-refractivity contribution >= 4 is 11.6 Å². The number of carbonyl (C=O) groups excluding carboxylic acids is 1. The van der Waals surface area contributed by atoms with Crippen molar-refractivity contribution in [2.45, 2.75) is 25.2 Å². The lowest BCUT2D eigenvalue weighted by Gasteiger charge is -2.31. The molecule has 24 heavy (non-hydrogen) atoms. The van der Waals surface area contributed by atoms with Crippen molar-refractivity contribution < 1.29 is 27.5 Å². The zero-order chi connectivity index (χ0) is 17.5. The van der Waals surface area contributed by atoms with Gasteiger partial charge in [0, 0.05) is 0 Å². The number of alkyl halides is 3. The van der Waals surface area contributed by atoms with Crippen LogP contribution in [0.15, 0.2) is 52.2 Å². The third kappa shape index (κ3) is 2.58. The molecular formula is C16H13F3N2O3. The van der Waals surface area contributed by atoms with Gasteiger partial charge in [0.25, 0.3) is 5.72 Å². The number of benzene rings is 1. The first-order valence-electron chi connectivity index (χ1n) is 7.04. The maximum Gasteiger partial charge on any atom is 0.438 e. The van der Waals surface area contributed by atoms with Crippen LogP contribution in [0.3, 0.4) is 0 Å². The van der Waals surface area contributed by atoms with E-state index < -0.39 is 24.2 Å². The van der Waals surface area contributed by atoms with E-state index in [1.54, 1.807) is 24.3 Å². The summed E-state index contributed by atoms with van der Waals surface area (Å²) in [5.74, 6) is -1.51. The molecule has 3 rings (SSSR count). The molecule has 2 aromatic rings. The standard InChI is InChI=1S/C16H13F3N2O3/c1-10-4-6-11(7-5-10)12-9-15(23,16(17,18)19)21(20-12)14(22)13-3-2-8-24-13/h2-8,23H,9H2,1H3/t15-/m0/s1. The van der Waals surface area contributed by atoms with Crippen molar-refractivity contribution in [3.05, 3.63) is 59.5 Å². The molecule has 1 aromatic carbocycles. The molecule has 0 fully saturated rings. The molecule has 0 saturated heterocycles. The average Bonchev–Trinajstić information content (AvgIpc) is 3.15. The number of aliphatic hydroxyl groups is 1. The number of amides is 1. The minimum absolute atomic E-state index is 0.0327. The smallest absolute Gasteiger partial charge is 0.438 e. The first-order valence-corrected chi connectivity index (χ1v) is 7.04. The monoisotopic (exact) mass is 338 g/mol. The van der Waals surface area contributed by atoms with Crippen molar-refractivity contribution in [3.8, 4) is 0 Å². The van der Waals surface area contributed by atoms with Gasteiger partial charge in [0.05, 0.1) is 18.4 Å². The molecule has 1 aliphatic heterocycles. The summed E-state index contributed by atoms with van der Waals surface area (Å²) in [7, 11) is 0. The maximum atomic E-state index is 13.4. The number of rotatable bonds is 2. The molecule has 0 unspecified atom stereocenters. The molecule has 1 aromatic heterocycles. The van der Waals surface area contributed by atoms with Crippen LogP contribution >= 0.6 is 0 Å². The summed E-state index contributed by atoms with van der Waals surface area (Å²) < 4.78 is 45.0. The first kappa shape index (κ1) is 16.3. The van der Waals surface area contributed by atoms with Crippen molar-refractivity contribution in [2.24, 2.45) is 5.10 Å². The van der Waals surface area contributed by atoms with E-state index >= 15 is 0 Å². The van der Waals surface area contributed by atoms with Crippen LogP contribution in [-0.2, 0) is 0 Å². The Hall–Kier alpha value is -2.61. The predicted molar refractivity (Wildman–Crippen MR) is 78.2 cm³/mol. The normalized spacial score (nSPS) is 21.0. The second-order valence-electron chi connectivity index (χ2n) is 5.50. The third-order valence-corrected chi connectivity index (χ3v) is 3.75. The molecule has 0 aliphatic carbocycles. The quantitative estimate of drug-likeness (QED) is 0.915. The Morgan fingerprint density at radius 2 is 1.96 bits per heavy atom. The Bertz CT molecular complexity index is 782. The molecule has 1 amide bonds. The molecule has 126 valence electrons. The van der Waals surface area contributed by atoms with Crippen molar-refractivity contribution in [3.63, 3.8) is 0 Å². The summed E-state index contributed by atoms with van der Waals surface area (Å²) in [5.41, 5.74) is -2.13. The minimum atomic E-state index is -5.08. The lowest BCUT2D eigenvalue weighted by atomic mass is 10.00. The number of nitrogens with zero attached hydrogens (tertiary/aromatic N) is 2. The van der Waals surface area contributed by atoms with Gasteiger partial charge in [-0.2, -0.15) is 23.3 Å². The van der Waals surface area contributed by atoms with Crippen LogP contribution < -0.4 is 0 Å². The Morgan fingerprint density at radius 1 is 1.29 bits per heavy atom. The summed E-state index contributed by atoms with van der Waals surface area (Å²) in [6, 6.07) is 9.17. The van der Waals surface area contributed by atoms with Gasteiger partial charge < -0.3 is 9.52 Å². The maximum absolute atomic E-state index is 13.4. The van der Waals surface area contributed by atoms with Crippen LogP contribution in [0.5, 0.6) is 0 Å². The second kappa shape index (κ2) is 5.48. The fraction of sp³-hybridized carbons (Fsp3) is 0.250. The van der Waals surface area contributed by atoms with Crippen LogP contribution in [0, 0.1) is 6.92 Å². The zero-order valence-electron chi connectivity index (χ0n) is 12.5. The number of aryl methyl sites for hydroxylation is 1. The van der Waals surface area contributed by atoms with Crippen LogP contribution in [0.25, 0.3) is 0 Å². The van der Waals surface area contributed by atoms with E-state index in [-0.39, 0.29) is 16.5 Å². The highest BCUT2D eigenvalue weighted by Crippen LogP contribution is 2.42. The molecule has 0 radical (unpaired) electrons. The Balaban J connectivity index is 2.03. The van der Waals surface area contributed by atoms with Gasteiger partial charge in [0.2, 0.25) is 0 Å². The molecule has 1 N–H and O–H groups in total. The van der Waals surface area contributed by atoms with Crippen LogP contribution in [0.2, 0.25) is 0 Å². The van der Waals surface area contributed by atoms with Crippen LogP contribution in [0.1, 0.15) is 28.1 Å². The highest BCUT2D eigenvalue weighted by atomic mass is 19.4. The van der Waals surface area contributed by atoms with Gasteiger partial charge in [-0.05, 0) is 24.6 Å². The highest BCUT2D eigenvalue weighted by molar-refractivity contribution is 6.05. The fourth-order valence-electron chi connectivity index (χ4n) is 2.39. The molecule has 0 bridgehead atoms. The Labute approximate surface area is 135 Å². The SMILES string of the molecule is Cc1ccc(C2=NN(C(=O)c3ccco3)[C@@](O)(C(F)(F)F)C2)cc1. The van der Waals surface area contributed by atoms with E-state index in [9.17, 15) is 23.1 Å². The Morgan fingerprint density at radius 3 is 2.50 bits per heavy atom. The molecule has 2 heterocycles. The van der Waals surface area contributed by atoms with E-state index in [2.05, 4.69) is 5.10 Å². The second-order valence-corrected chi connectivity index (χ2v) is 5.50. The molecule has 5 nitrogen and oxygen atoms in total. The molecule has 8 heteroatoms. The Kier molecular flexibility index (Phi) is 3.71.